The first-order valence-electron chi connectivity index (χ1n) is 5.74. The molecule has 0 aromatic heterocycles. The van der Waals surface area contributed by atoms with Crippen LogP contribution in [0.5, 0.6) is 0 Å². The number of nitro benzene ring substituents is 1. The van der Waals surface area contributed by atoms with Gasteiger partial charge in [0.15, 0.2) is 0 Å². The van der Waals surface area contributed by atoms with Crippen molar-refractivity contribution in [3.8, 4) is 0 Å². The van der Waals surface area contributed by atoms with Crippen molar-refractivity contribution < 1.29 is 14.5 Å². The minimum Gasteiger partial charge on any atom is -0.459 e. The zero-order chi connectivity index (χ0) is 13.3. The number of anilines is 1. The largest absolute Gasteiger partial charge is 0.459 e. The number of hydrogen-bond acceptors (Lipinski definition) is 5. The van der Waals surface area contributed by atoms with Gasteiger partial charge in [-0.25, -0.2) is 4.79 Å². The number of nitro groups is 1. The van der Waals surface area contributed by atoms with Crippen molar-refractivity contribution in [1.82, 2.24) is 0 Å². The molecule has 0 bridgehead atoms. The Morgan fingerprint density at radius 3 is 2.67 bits per heavy atom. The molecule has 2 N–H and O–H groups in total. The van der Waals surface area contributed by atoms with Crippen molar-refractivity contribution in [1.29, 1.82) is 0 Å². The Bertz CT molecular complexity index is 509. The van der Waals surface area contributed by atoms with Crippen LogP contribution in [-0.2, 0) is 4.74 Å². The zero-order valence-corrected chi connectivity index (χ0v) is 10.0. The van der Waals surface area contributed by atoms with Crippen LogP contribution in [0, 0.1) is 17.0 Å². The molecule has 1 aliphatic carbocycles. The molecule has 96 valence electrons. The lowest BCUT2D eigenvalue weighted by atomic mass is 9.96. The molecule has 6 nitrogen and oxygen atoms in total. The van der Waals surface area contributed by atoms with Gasteiger partial charge in [-0.1, -0.05) is 0 Å². The number of hydrogen-bond donors (Lipinski definition) is 1. The van der Waals surface area contributed by atoms with Crippen LogP contribution in [0.1, 0.15) is 35.2 Å². The predicted octanol–water partition coefficient (Wildman–Crippen LogP) is 2.19. The van der Waals surface area contributed by atoms with E-state index in [0.717, 1.165) is 19.3 Å². The molecular formula is C12H14N2O4. The maximum Gasteiger partial charge on any atom is 0.340 e. The van der Waals surface area contributed by atoms with Gasteiger partial charge in [-0.05, 0) is 37.8 Å². The number of esters is 1. The second-order valence-corrected chi connectivity index (χ2v) is 4.46. The van der Waals surface area contributed by atoms with Gasteiger partial charge in [0.05, 0.1) is 10.5 Å². The second kappa shape index (κ2) is 4.64. The van der Waals surface area contributed by atoms with Crippen LogP contribution in [0.3, 0.4) is 0 Å². The first kappa shape index (κ1) is 12.3. The lowest BCUT2D eigenvalue weighted by Gasteiger charge is -2.25. The standard InChI is InChI=1S/C12H14N2O4/c1-7-5-9(11(13)10(6-7)14(16)17)12(15)18-8-3-2-4-8/h5-6,8H,2-4,13H2,1H3. The molecule has 0 aliphatic heterocycles. The van der Waals surface area contributed by atoms with Crippen molar-refractivity contribution in [2.45, 2.75) is 32.3 Å². The van der Waals surface area contributed by atoms with Crippen LogP contribution in [0.15, 0.2) is 12.1 Å². The lowest BCUT2D eigenvalue weighted by molar-refractivity contribution is -0.384. The summed E-state index contributed by atoms with van der Waals surface area (Å²) in [6.45, 7) is 1.67. The van der Waals surface area contributed by atoms with Gasteiger partial charge in [-0.15, -0.1) is 0 Å². The average molecular weight is 250 g/mol. The monoisotopic (exact) mass is 250 g/mol. The van der Waals surface area contributed by atoms with E-state index < -0.39 is 10.9 Å². The molecule has 0 saturated heterocycles. The summed E-state index contributed by atoms with van der Waals surface area (Å²) in [5.74, 6) is -0.580. The number of nitrogens with zero attached hydrogens (tertiary/aromatic N) is 1. The summed E-state index contributed by atoms with van der Waals surface area (Å²) in [4.78, 5) is 22.1. The molecule has 1 aliphatic rings. The number of rotatable bonds is 3. The highest BCUT2D eigenvalue weighted by molar-refractivity contribution is 5.97. The van der Waals surface area contributed by atoms with Gasteiger partial charge >= 0.3 is 5.97 Å². The molecule has 1 fully saturated rings. The van der Waals surface area contributed by atoms with E-state index >= 15 is 0 Å². The average Bonchev–Trinajstić information content (AvgIpc) is 2.25. The van der Waals surface area contributed by atoms with Crippen LogP contribution in [0.2, 0.25) is 0 Å². The van der Waals surface area contributed by atoms with Gasteiger partial charge < -0.3 is 10.5 Å². The van der Waals surface area contributed by atoms with E-state index in [4.69, 9.17) is 10.5 Å². The maximum atomic E-state index is 11.9. The zero-order valence-electron chi connectivity index (χ0n) is 10.0. The summed E-state index contributed by atoms with van der Waals surface area (Å²) >= 11 is 0. The molecule has 18 heavy (non-hydrogen) atoms. The van der Waals surface area contributed by atoms with E-state index in [1.165, 1.54) is 12.1 Å². The van der Waals surface area contributed by atoms with Crippen LogP contribution < -0.4 is 5.73 Å². The number of nitrogen functional groups attached to an aromatic ring is 1. The lowest BCUT2D eigenvalue weighted by Crippen LogP contribution is -2.25. The number of aryl methyl sites for hydroxylation is 1. The van der Waals surface area contributed by atoms with Crippen LogP contribution in [0.4, 0.5) is 11.4 Å². The van der Waals surface area contributed by atoms with Gasteiger partial charge in [0, 0.05) is 6.07 Å². The summed E-state index contributed by atoms with van der Waals surface area (Å²) in [7, 11) is 0. The first-order valence-corrected chi connectivity index (χ1v) is 5.74. The molecule has 1 saturated carbocycles. The highest BCUT2D eigenvalue weighted by atomic mass is 16.6. The van der Waals surface area contributed by atoms with E-state index in [2.05, 4.69) is 0 Å². The Balaban J connectivity index is 2.31. The highest BCUT2D eigenvalue weighted by Crippen LogP contribution is 2.29. The second-order valence-electron chi connectivity index (χ2n) is 4.46. The molecule has 0 unspecified atom stereocenters. The first-order chi connectivity index (χ1) is 8.49. The maximum absolute atomic E-state index is 11.9. The molecular weight excluding hydrogens is 236 g/mol. The van der Waals surface area contributed by atoms with Crippen molar-refractivity contribution in [2.24, 2.45) is 0 Å². The molecule has 2 rings (SSSR count). The normalized spacial score (nSPS) is 14.9. The third kappa shape index (κ3) is 2.27. The predicted molar refractivity (Wildman–Crippen MR) is 65.3 cm³/mol. The smallest absolute Gasteiger partial charge is 0.340 e. The van der Waals surface area contributed by atoms with Crippen LogP contribution >= 0.6 is 0 Å². The van der Waals surface area contributed by atoms with Crippen LogP contribution in [0.25, 0.3) is 0 Å². The number of carbonyl (C=O) groups excluding carboxylic acids is 1. The van der Waals surface area contributed by atoms with Crippen molar-refractivity contribution in [3.05, 3.63) is 33.4 Å². The SMILES string of the molecule is Cc1cc(C(=O)OC2CCC2)c(N)c([N+](=O)[O-])c1. The van der Waals surface area contributed by atoms with E-state index in [9.17, 15) is 14.9 Å². The third-order valence-electron chi connectivity index (χ3n) is 3.05. The van der Waals surface area contributed by atoms with Gasteiger partial charge in [-0.3, -0.25) is 10.1 Å². The van der Waals surface area contributed by atoms with Crippen molar-refractivity contribution in [2.75, 3.05) is 5.73 Å². The molecule has 0 spiro atoms. The molecule has 1 aromatic rings. The molecule has 0 atom stereocenters. The number of nitrogens with two attached hydrogens (primary N) is 1. The fourth-order valence-electron chi connectivity index (χ4n) is 1.80. The molecule has 0 heterocycles. The van der Waals surface area contributed by atoms with Gasteiger partial charge in [0.1, 0.15) is 11.8 Å². The van der Waals surface area contributed by atoms with E-state index in [0.29, 0.717) is 5.56 Å². The molecule has 0 radical (unpaired) electrons. The molecule has 1 aromatic carbocycles. The number of carbonyl (C=O) groups is 1. The van der Waals surface area contributed by atoms with Crippen molar-refractivity contribution >= 4 is 17.3 Å². The Kier molecular flexibility index (Phi) is 3.18. The van der Waals surface area contributed by atoms with Gasteiger partial charge in [0.25, 0.3) is 5.69 Å². The summed E-state index contributed by atoms with van der Waals surface area (Å²) in [6.07, 6.45) is 2.66. The van der Waals surface area contributed by atoms with E-state index in [1.54, 1.807) is 6.92 Å². The van der Waals surface area contributed by atoms with Gasteiger partial charge in [0.2, 0.25) is 0 Å². The Hall–Kier alpha value is -2.11. The fourth-order valence-corrected chi connectivity index (χ4v) is 1.80. The van der Waals surface area contributed by atoms with Crippen molar-refractivity contribution in [3.63, 3.8) is 0 Å². The summed E-state index contributed by atoms with van der Waals surface area (Å²) in [5, 5.41) is 10.8. The van der Waals surface area contributed by atoms with E-state index in [1.807, 2.05) is 0 Å². The molecule has 0 amide bonds. The van der Waals surface area contributed by atoms with E-state index in [-0.39, 0.29) is 23.0 Å². The van der Waals surface area contributed by atoms with Gasteiger partial charge in [-0.2, -0.15) is 0 Å². The fraction of sp³-hybridized carbons (Fsp3) is 0.417. The third-order valence-corrected chi connectivity index (χ3v) is 3.05. The Labute approximate surface area is 104 Å². The summed E-state index contributed by atoms with van der Waals surface area (Å²) < 4.78 is 5.20. The Morgan fingerprint density at radius 1 is 1.50 bits per heavy atom. The summed E-state index contributed by atoms with van der Waals surface area (Å²) in [6, 6.07) is 2.86. The topological polar surface area (TPSA) is 95.5 Å². The minimum atomic E-state index is -0.595. The minimum absolute atomic E-state index is 0.0727. The number of benzene rings is 1. The number of ether oxygens (including phenoxy) is 1. The summed E-state index contributed by atoms with van der Waals surface area (Å²) in [5.41, 5.74) is 5.95. The molecule has 6 heteroatoms. The highest BCUT2D eigenvalue weighted by Gasteiger charge is 2.26. The Morgan fingerprint density at radius 2 is 2.17 bits per heavy atom. The quantitative estimate of drug-likeness (QED) is 0.384. The van der Waals surface area contributed by atoms with Crippen LogP contribution in [-0.4, -0.2) is 17.0 Å².